The van der Waals surface area contributed by atoms with Crippen LogP contribution in [0.4, 0.5) is 5.69 Å². The highest BCUT2D eigenvalue weighted by Crippen LogP contribution is 2.08. The Kier molecular flexibility index (Phi) is 3.41. The van der Waals surface area contributed by atoms with Crippen molar-refractivity contribution in [1.29, 1.82) is 0 Å². The minimum absolute atomic E-state index is 0.119. The van der Waals surface area contributed by atoms with E-state index >= 15 is 0 Å². The number of anilines is 1. The first kappa shape index (κ1) is 10.5. The third-order valence-electron chi connectivity index (χ3n) is 1.64. The SMILES string of the molecule is CNC(=O)c1ccc(NC(N)=S)cc1. The summed E-state index contributed by atoms with van der Waals surface area (Å²) in [7, 11) is 1.59. The van der Waals surface area contributed by atoms with Gasteiger partial charge >= 0.3 is 0 Å². The van der Waals surface area contributed by atoms with Gasteiger partial charge in [-0.1, -0.05) is 0 Å². The zero-order valence-electron chi connectivity index (χ0n) is 7.70. The van der Waals surface area contributed by atoms with Gasteiger partial charge in [-0.2, -0.15) is 0 Å². The van der Waals surface area contributed by atoms with Gasteiger partial charge in [-0.3, -0.25) is 4.79 Å². The fourth-order valence-electron chi connectivity index (χ4n) is 0.992. The number of amides is 1. The van der Waals surface area contributed by atoms with Crippen molar-refractivity contribution < 1.29 is 4.79 Å². The number of hydrogen-bond acceptors (Lipinski definition) is 2. The molecule has 0 aliphatic heterocycles. The molecule has 1 rings (SSSR count). The minimum atomic E-state index is -0.119. The number of carbonyl (C=O) groups is 1. The normalized spacial score (nSPS) is 9.21. The van der Waals surface area contributed by atoms with E-state index in [4.69, 9.17) is 5.73 Å². The van der Waals surface area contributed by atoms with E-state index in [0.29, 0.717) is 5.56 Å². The number of rotatable bonds is 2. The van der Waals surface area contributed by atoms with Crippen LogP contribution < -0.4 is 16.4 Å². The van der Waals surface area contributed by atoms with Gasteiger partial charge < -0.3 is 16.4 Å². The van der Waals surface area contributed by atoms with Crippen molar-refractivity contribution in [3.63, 3.8) is 0 Å². The van der Waals surface area contributed by atoms with Gasteiger partial charge in [-0.05, 0) is 36.5 Å². The Morgan fingerprint density at radius 2 is 1.93 bits per heavy atom. The van der Waals surface area contributed by atoms with Crippen molar-refractivity contribution in [3.8, 4) is 0 Å². The van der Waals surface area contributed by atoms with Crippen molar-refractivity contribution >= 4 is 28.9 Å². The summed E-state index contributed by atoms with van der Waals surface area (Å²) in [6.07, 6.45) is 0. The summed E-state index contributed by atoms with van der Waals surface area (Å²) in [5.74, 6) is -0.119. The van der Waals surface area contributed by atoms with Crippen LogP contribution in [0.1, 0.15) is 10.4 Å². The van der Waals surface area contributed by atoms with E-state index in [-0.39, 0.29) is 11.0 Å². The number of nitrogens with one attached hydrogen (secondary N) is 2. The van der Waals surface area contributed by atoms with Gasteiger partial charge in [0.15, 0.2) is 5.11 Å². The third kappa shape index (κ3) is 2.70. The maximum atomic E-state index is 11.2. The fraction of sp³-hybridized carbons (Fsp3) is 0.111. The minimum Gasteiger partial charge on any atom is -0.376 e. The molecule has 5 heteroatoms. The highest BCUT2D eigenvalue weighted by molar-refractivity contribution is 7.80. The Balaban J connectivity index is 2.78. The summed E-state index contributed by atoms with van der Waals surface area (Å²) in [5.41, 5.74) is 6.66. The van der Waals surface area contributed by atoms with Crippen molar-refractivity contribution in [1.82, 2.24) is 5.32 Å². The Morgan fingerprint density at radius 3 is 2.36 bits per heavy atom. The van der Waals surface area contributed by atoms with E-state index in [1.54, 1.807) is 31.3 Å². The van der Waals surface area contributed by atoms with E-state index < -0.39 is 0 Å². The molecule has 14 heavy (non-hydrogen) atoms. The highest BCUT2D eigenvalue weighted by Gasteiger charge is 2.01. The predicted octanol–water partition coefficient (Wildman–Crippen LogP) is 0.702. The molecule has 0 aliphatic rings. The highest BCUT2D eigenvalue weighted by atomic mass is 32.1. The monoisotopic (exact) mass is 209 g/mol. The van der Waals surface area contributed by atoms with E-state index in [9.17, 15) is 4.79 Å². The second-order valence-corrected chi connectivity index (χ2v) is 3.09. The van der Waals surface area contributed by atoms with Gasteiger partial charge in [0.1, 0.15) is 0 Å². The van der Waals surface area contributed by atoms with Gasteiger partial charge in [-0.25, -0.2) is 0 Å². The second-order valence-electron chi connectivity index (χ2n) is 2.65. The fourth-order valence-corrected chi connectivity index (χ4v) is 1.11. The molecule has 1 aromatic carbocycles. The van der Waals surface area contributed by atoms with Crippen molar-refractivity contribution in [2.45, 2.75) is 0 Å². The molecule has 1 aromatic rings. The smallest absolute Gasteiger partial charge is 0.251 e. The summed E-state index contributed by atoms with van der Waals surface area (Å²) in [5, 5.41) is 5.50. The molecule has 4 N–H and O–H groups in total. The van der Waals surface area contributed by atoms with Gasteiger partial charge in [0.05, 0.1) is 0 Å². The molecule has 1 amide bonds. The maximum Gasteiger partial charge on any atom is 0.251 e. The van der Waals surface area contributed by atoms with Crippen LogP contribution in [-0.2, 0) is 0 Å². The molecule has 0 fully saturated rings. The lowest BCUT2D eigenvalue weighted by molar-refractivity contribution is 0.0963. The Hall–Kier alpha value is -1.62. The van der Waals surface area contributed by atoms with Crippen LogP contribution in [0, 0.1) is 0 Å². The summed E-state index contributed by atoms with van der Waals surface area (Å²) in [6.45, 7) is 0. The second kappa shape index (κ2) is 4.57. The van der Waals surface area contributed by atoms with Gasteiger partial charge in [0.25, 0.3) is 5.91 Å². The predicted molar refractivity (Wildman–Crippen MR) is 60.2 cm³/mol. The Morgan fingerprint density at radius 1 is 1.36 bits per heavy atom. The van der Waals surface area contributed by atoms with Crippen LogP contribution in [0.5, 0.6) is 0 Å². The maximum absolute atomic E-state index is 11.2. The number of nitrogens with two attached hydrogens (primary N) is 1. The van der Waals surface area contributed by atoms with Crippen molar-refractivity contribution in [2.75, 3.05) is 12.4 Å². The summed E-state index contributed by atoms with van der Waals surface area (Å²) in [6, 6.07) is 6.87. The topological polar surface area (TPSA) is 67.2 Å². The zero-order valence-corrected chi connectivity index (χ0v) is 8.52. The number of carbonyl (C=O) groups excluding carboxylic acids is 1. The van der Waals surface area contributed by atoms with E-state index in [2.05, 4.69) is 22.9 Å². The van der Waals surface area contributed by atoms with E-state index in [1.807, 2.05) is 0 Å². The molecule has 74 valence electrons. The molecule has 0 aliphatic carbocycles. The van der Waals surface area contributed by atoms with E-state index in [1.165, 1.54) is 0 Å². The molecule has 4 nitrogen and oxygen atoms in total. The zero-order chi connectivity index (χ0) is 10.6. The van der Waals surface area contributed by atoms with Gasteiger partial charge in [-0.15, -0.1) is 0 Å². The first-order chi connectivity index (χ1) is 6.63. The molecular weight excluding hydrogens is 198 g/mol. The van der Waals surface area contributed by atoms with Crippen LogP contribution in [0.25, 0.3) is 0 Å². The molecular formula is C9H11N3OS. The molecule has 0 bridgehead atoms. The molecule has 0 saturated heterocycles. The first-order valence-electron chi connectivity index (χ1n) is 4.02. The lowest BCUT2D eigenvalue weighted by Gasteiger charge is -2.04. The van der Waals surface area contributed by atoms with Crippen LogP contribution >= 0.6 is 12.2 Å². The summed E-state index contributed by atoms with van der Waals surface area (Å²) < 4.78 is 0. The Bertz CT molecular complexity index is 348. The molecule has 0 heterocycles. The lowest BCUT2D eigenvalue weighted by atomic mass is 10.2. The number of benzene rings is 1. The average molecular weight is 209 g/mol. The first-order valence-corrected chi connectivity index (χ1v) is 4.43. The molecule has 0 saturated carbocycles. The number of thiocarbonyl (C=S) groups is 1. The Labute approximate surface area is 87.5 Å². The average Bonchev–Trinajstić information content (AvgIpc) is 2.17. The van der Waals surface area contributed by atoms with Crippen LogP contribution in [-0.4, -0.2) is 18.1 Å². The van der Waals surface area contributed by atoms with E-state index in [0.717, 1.165) is 5.69 Å². The van der Waals surface area contributed by atoms with Gasteiger partial charge in [0.2, 0.25) is 0 Å². The quantitative estimate of drug-likeness (QED) is 0.627. The molecule has 0 unspecified atom stereocenters. The van der Waals surface area contributed by atoms with Crippen molar-refractivity contribution in [2.24, 2.45) is 5.73 Å². The summed E-state index contributed by atoms with van der Waals surface area (Å²) in [4.78, 5) is 11.2. The molecule has 0 atom stereocenters. The largest absolute Gasteiger partial charge is 0.376 e. The van der Waals surface area contributed by atoms with Crippen LogP contribution in [0.15, 0.2) is 24.3 Å². The molecule has 0 aromatic heterocycles. The standard InChI is InChI=1S/C9H11N3OS/c1-11-8(13)6-2-4-7(5-3-6)12-9(10)14/h2-5H,1H3,(H,11,13)(H3,10,12,14). The number of hydrogen-bond donors (Lipinski definition) is 3. The molecule has 0 spiro atoms. The van der Waals surface area contributed by atoms with Crippen LogP contribution in [0.2, 0.25) is 0 Å². The third-order valence-corrected chi connectivity index (χ3v) is 1.74. The lowest BCUT2D eigenvalue weighted by Crippen LogP contribution is -2.19. The van der Waals surface area contributed by atoms with Crippen LogP contribution in [0.3, 0.4) is 0 Å². The molecule has 0 radical (unpaired) electrons. The van der Waals surface area contributed by atoms with Crippen molar-refractivity contribution in [3.05, 3.63) is 29.8 Å². The summed E-state index contributed by atoms with van der Waals surface area (Å²) >= 11 is 4.67. The van der Waals surface area contributed by atoms with Gasteiger partial charge in [0, 0.05) is 18.3 Å².